The summed E-state index contributed by atoms with van der Waals surface area (Å²) in [6.07, 6.45) is 6.44. The van der Waals surface area contributed by atoms with Crippen LogP contribution in [0.3, 0.4) is 0 Å². The fourth-order valence-electron chi connectivity index (χ4n) is 3.01. The van der Waals surface area contributed by atoms with E-state index in [9.17, 15) is 15.0 Å². The molecule has 0 spiro atoms. The molecule has 148 valence electrons. The Labute approximate surface area is 151 Å². The van der Waals surface area contributed by atoms with Crippen LogP contribution >= 0.6 is 0 Å². The summed E-state index contributed by atoms with van der Waals surface area (Å²) in [5.74, 6) is -0.860. The third-order valence-electron chi connectivity index (χ3n) is 4.30. The number of aliphatic carboxylic acids is 1. The second-order valence-corrected chi connectivity index (χ2v) is 5.79. The summed E-state index contributed by atoms with van der Waals surface area (Å²) >= 11 is 0. The molecular weight excluding hydrogens is 346 g/mol. The Morgan fingerprint density at radius 2 is 1.92 bits per heavy atom. The van der Waals surface area contributed by atoms with Crippen molar-refractivity contribution >= 4 is 18.9 Å². The van der Waals surface area contributed by atoms with Gasteiger partial charge in [0.05, 0.1) is 17.8 Å². The smallest absolute Gasteiger partial charge is 0.312 e. The number of carboxylic acids is 1. The van der Waals surface area contributed by atoms with Gasteiger partial charge in [0, 0.05) is 32.0 Å². The van der Waals surface area contributed by atoms with E-state index in [1.807, 2.05) is 17.7 Å². The van der Waals surface area contributed by atoms with Crippen LogP contribution in [0.1, 0.15) is 26.2 Å². The van der Waals surface area contributed by atoms with Gasteiger partial charge in [0.2, 0.25) is 0 Å². The molecule has 10 nitrogen and oxygen atoms in total. The first kappa shape index (κ1) is 23.5. The molecule has 1 aliphatic heterocycles. The number of hydrogen-bond acceptors (Lipinski definition) is 6. The van der Waals surface area contributed by atoms with Crippen LogP contribution in [0.4, 0.5) is 0 Å². The molecule has 0 aromatic carbocycles. The van der Waals surface area contributed by atoms with Crippen molar-refractivity contribution in [3.8, 4) is 0 Å². The molecule has 2 atom stereocenters. The van der Waals surface area contributed by atoms with Gasteiger partial charge in [0.25, 0.3) is 12.9 Å². The van der Waals surface area contributed by atoms with Gasteiger partial charge in [0.1, 0.15) is 0 Å². The van der Waals surface area contributed by atoms with Crippen LogP contribution in [-0.4, -0.2) is 79.5 Å². The molecule has 2 rings (SSSR count). The van der Waals surface area contributed by atoms with E-state index in [-0.39, 0.29) is 12.9 Å². The van der Waals surface area contributed by atoms with Crippen molar-refractivity contribution in [3.05, 3.63) is 18.7 Å². The average Bonchev–Trinajstić information content (AvgIpc) is 3.10. The minimum atomic E-state index is -0.958. The molecule has 0 saturated carbocycles. The number of aromatic nitrogens is 2. The minimum Gasteiger partial charge on any atom is -0.483 e. The van der Waals surface area contributed by atoms with E-state index in [4.69, 9.17) is 19.8 Å². The first-order valence-corrected chi connectivity index (χ1v) is 8.17. The molecule has 1 aliphatic rings. The van der Waals surface area contributed by atoms with Gasteiger partial charge in [0.15, 0.2) is 0 Å². The number of aliphatic hydroxyl groups is 1. The third kappa shape index (κ3) is 7.19. The molecule has 1 aromatic rings. The number of imidazole rings is 1. The summed E-state index contributed by atoms with van der Waals surface area (Å²) in [7, 11) is 0. The Balaban J connectivity index is 0.000000918. The van der Waals surface area contributed by atoms with E-state index >= 15 is 0 Å². The van der Waals surface area contributed by atoms with Crippen LogP contribution in [0, 0.1) is 5.41 Å². The van der Waals surface area contributed by atoms with Crippen molar-refractivity contribution in [1.82, 2.24) is 14.5 Å². The van der Waals surface area contributed by atoms with Gasteiger partial charge in [-0.05, 0) is 19.4 Å². The van der Waals surface area contributed by atoms with E-state index in [0.29, 0.717) is 19.4 Å². The molecule has 1 fully saturated rings. The number of aliphatic hydroxyl groups excluding tert-OH is 1. The monoisotopic (exact) mass is 373 g/mol. The third-order valence-corrected chi connectivity index (χ3v) is 4.30. The zero-order chi connectivity index (χ0) is 20.0. The Morgan fingerprint density at radius 3 is 2.35 bits per heavy atom. The molecule has 4 N–H and O–H groups in total. The van der Waals surface area contributed by atoms with Crippen LogP contribution in [-0.2, 0) is 20.9 Å². The standard InChI is InChI=1S/C14H23N3O3.2CH2O2/c1-2-3-14(13(19)20)4-6-16(10-12(14)18)8-9-17-7-5-15-11-17;2*2-1-3/h5,7,11-12,18H,2-4,6,8-10H2,1H3,(H,19,20);2*1H,(H,2,3)/t12-,14+;;/m1../s1. The summed E-state index contributed by atoms with van der Waals surface area (Å²) in [5.41, 5.74) is -0.958. The number of carboxylic acid groups (broad SMARTS) is 3. The molecule has 0 radical (unpaired) electrons. The summed E-state index contributed by atoms with van der Waals surface area (Å²) < 4.78 is 1.98. The molecule has 0 aliphatic carbocycles. The normalized spacial score (nSPS) is 22.2. The maximum atomic E-state index is 11.5. The second kappa shape index (κ2) is 12.8. The van der Waals surface area contributed by atoms with Crippen LogP contribution < -0.4 is 0 Å². The first-order valence-electron chi connectivity index (χ1n) is 8.17. The van der Waals surface area contributed by atoms with E-state index in [0.717, 1.165) is 26.1 Å². The zero-order valence-corrected chi connectivity index (χ0v) is 14.8. The van der Waals surface area contributed by atoms with Crippen LogP contribution in [0.25, 0.3) is 0 Å². The molecule has 0 bridgehead atoms. The lowest BCUT2D eigenvalue weighted by atomic mass is 9.73. The lowest BCUT2D eigenvalue weighted by Gasteiger charge is -2.42. The van der Waals surface area contributed by atoms with E-state index in [2.05, 4.69) is 9.88 Å². The highest BCUT2D eigenvalue weighted by atomic mass is 16.4. The summed E-state index contributed by atoms with van der Waals surface area (Å²) in [6.45, 7) is 4.22. The first-order chi connectivity index (χ1) is 12.4. The van der Waals surface area contributed by atoms with Crippen molar-refractivity contribution in [2.45, 2.75) is 38.8 Å². The largest absolute Gasteiger partial charge is 0.483 e. The zero-order valence-electron chi connectivity index (χ0n) is 14.8. The molecular formula is C16H27N3O7. The number of β-amino-alcohol motifs (C(OH)–C–C–N with tert-alkyl or cyclic N) is 1. The van der Waals surface area contributed by atoms with Crippen molar-refractivity contribution in [3.63, 3.8) is 0 Å². The molecule has 0 amide bonds. The Morgan fingerprint density at radius 1 is 1.31 bits per heavy atom. The number of likely N-dealkylation sites (tertiary alicyclic amines) is 1. The Kier molecular flexibility index (Phi) is 11.6. The molecule has 1 saturated heterocycles. The fourth-order valence-corrected chi connectivity index (χ4v) is 3.01. The topological polar surface area (TPSA) is 153 Å². The lowest BCUT2D eigenvalue weighted by Crippen LogP contribution is -2.55. The number of piperidine rings is 1. The molecule has 0 unspecified atom stereocenters. The average molecular weight is 373 g/mol. The highest BCUT2D eigenvalue weighted by Crippen LogP contribution is 2.36. The number of carbonyl (C=O) groups is 3. The van der Waals surface area contributed by atoms with Gasteiger partial charge in [-0.15, -0.1) is 0 Å². The SMILES string of the molecule is CCC[C@]1(C(=O)O)CCN(CCn2ccnc2)C[C@H]1O.O=CO.O=CO. The van der Waals surface area contributed by atoms with Crippen molar-refractivity contribution in [1.29, 1.82) is 0 Å². The van der Waals surface area contributed by atoms with Crippen LogP contribution in [0.5, 0.6) is 0 Å². The predicted molar refractivity (Wildman–Crippen MR) is 91.7 cm³/mol. The lowest BCUT2D eigenvalue weighted by molar-refractivity contribution is -0.164. The van der Waals surface area contributed by atoms with Gasteiger partial charge in [-0.1, -0.05) is 13.3 Å². The fraction of sp³-hybridized carbons (Fsp3) is 0.625. The van der Waals surface area contributed by atoms with Gasteiger partial charge in [-0.3, -0.25) is 19.3 Å². The van der Waals surface area contributed by atoms with Crippen molar-refractivity contribution < 1.29 is 34.8 Å². The Hall–Kier alpha value is -2.46. The second-order valence-electron chi connectivity index (χ2n) is 5.79. The van der Waals surface area contributed by atoms with E-state index in [1.165, 1.54) is 0 Å². The highest BCUT2D eigenvalue weighted by molar-refractivity contribution is 5.75. The highest BCUT2D eigenvalue weighted by Gasteiger charge is 2.47. The van der Waals surface area contributed by atoms with Crippen molar-refractivity contribution in [2.24, 2.45) is 5.41 Å². The minimum absolute atomic E-state index is 0.250. The van der Waals surface area contributed by atoms with Gasteiger partial charge in [-0.2, -0.15) is 0 Å². The van der Waals surface area contributed by atoms with Gasteiger partial charge in [-0.25, -0.2) is 4.98 Å². The quantitative estimate of drug-likeness (QED) is 0.513. The summed E-state index contributed by atoms with van der Waals surface area (Å²) in [4.78, 5) is 34.4. The van der Waals surface area contributed by atoms with E-state index < -0.39 is 17.5 Å². The summed E-state index contributed by atoms with van der Waals surface area (Å²) in [5, 5.41) is 33.6. The Bertz CT molecular complexity index is 518. The van der Waals surface area contributed by atoms with Crippen LogP contribution in [0.15, 0.2) is 18.7 Å². The maximum absolute atomic E-state index is 11.5. The van der Waals surface area contributed by atoms with Gasteiger partial charge < -0.3 is 25.0 Å². The molecule has 2 heterocycles. The number of rotatable bonds is 6. The maximum Gasteiger partial charge on any atom is 0.312 e. The van der Waals surface area contributed by atoms with E-state index in [1.54, 1.807) is 12.5 Å². The van der Waals surface area contributed by atoms with Gasteiger partial charge >= 0.3 is 5.97 Å². The molecule has 10 heteroatoms. The number of nitrogens with zero attached hydrogens (tertiary/aromatic N) is 3. The van der Waals surface area contributed by atoms with Crippen LogP contribution in [0.2, 0.25) is 0 Å². The molecule has 26 heavy (non-hydrogen) atoms. The summed E-state index contributed by atoms with van der Waals surface area (Å²) in [6, 6.07) is 0. The number of hydrogen-bond donors (Lipinski definition) is 4. The predicted octanol–water partition coefficient (Wildman–Crippen LogP) is 0.222. The van der Waals surface area contributed by atoms with Crippen molar-refractivity contribution in [2.75, 3.05) is 19.6 Å². The molecule has 1 aromatic heterocycles.